The van der Waals surface area contributed by atoms with Gasteiger partial charge < -0.3 is 14.6 Å². The van der Waals surface area contributed by atoms with Crippen LogP contribution in [-0.4, -0.2) is 33.5 Å². The summed E-state index contributed by atoms with van der Waals surface area (Å²) < 4.78 is 7.35. The summed E-state index contributed by atoms with van der Waals surface area (Å²) in [6.45, 7) is 5.18. The van der Waals surface area contributed by atoms with Gasteiger partial charge in [-0.2, -0.15) is 0 Å². The zero-order valence-electron chi connectivity index (χ0n) is 15.8. The number of nitrogens with zero attached hydrogens (tertiary/aromatic N) is 3. The van der Waals surface area contributed by atoms with Crippen molar-refractivity contribution in [1.29, 1.82) is 0 Å². The summed E-state index contributed by atoms with van der Waals surface area (Å²) in [4.78, 5) is 27.5. The quantitative estimate of drug-likeness (QED) is 0.365. The summed E-state index contributed by atoms with van der Waals surface area (Å²) in [6, 6.07) is 12.1. The lowest BCUT2D eigenvalue weighted by atomic mass is 10.1. The van der Waals surface area contributed by atoms with Crippen LogP contribution in [0.2, 0.25) is 0 Å². The largest absolute Gasteiger partial charge is 0.487 e. The molecule has 2 aromatic carbocycles. The Balaban J connectivity index is 1.60. The second-order valence-corrected chi connectivity index (χ2v) is 6.28. The van der Waals surface area contributed by atoms with Crippen LogP contribution in [0.25, 0.3) is 11.0 Å². The van der Waals surface area contributed by atoms with E-state index in [-0.39, 0.29) is 22.9 Å². The van der Waals surface area contributed by atoms with Crippen molar-refractivity contribution in [3.63, 3.8) is 0 Å². The maximum Gasteiger partial charge on any atom is 0.311 e. The molecule has 0 atom stereocenters. The number of carbonyl (C=O) groups excluding carboxylic acids is 1. The summed E-state index contributed by atoms with van der Waals surface area (Å²) in [5.41, 5.74) is 2.04. The lowest BCUT2D eigenvalue weighted by molar-refractivity contribution is -0.385. The number of imidazole rings is 1. The maximum absolute atomic E-state index is 12.3. The van der Waals surface area contributed by atoms with Crippen LogP contribution >= 0.6 is 0 Å². The van der Waals surface area contributed by atoms with Crippen molar-refractivity contribution in [2.75, 3.05) is 13.2 Å². The third kappa shape index (κ3) is 4.11. The molecule has 1 amide bonds. The normalized spacial score (nSPS) is 10.8. The zero-order chi connectivity index (χ0) is 20.1. The highest BCUT2D eigenvalue weighted by Crippen LogP contribution is 2.28. The second kappa shape index (κ2) is 8.51. The van der Waals surface area contributed by atoms with Crippen LogP contribution in [0.15, 0.2) is 42.5 Å². The van der Waals surface area contributed by atoms with Crippen LogP contribution in [0.5, 0.6) is 5.75 Å². The van der Waals surface area contributed by atoms with Gasteiger partial charge in [0.2, 0.25) is 0 Å². The number of para-hydroxylation sites is 2. The Morgan fingerprint density at radius 2 is 2.07 bits per heavy atom. The van der Waals surface area contributed by atoms with Gasteiger partial charge in [-0.1, -0.05) is 12.1 Å². The molecule has 0 aliphatic heterocycles. The van der Waals surface area contributed by atoms with Crippen molar-refractivity contribution in [2.45, 2.75) is 26.8 Å². The Bertz CT molecular complexity index is 1010. The third-order valence-corrected chi connectivity index (χ3v) is 4.41. The van der Waals surface area contributed by atoms with E-state index in [9.17, 15) is 14.9 Å². The van der Waals surface area contributed by atoms with Crippen molar-refractivity contribution in [2.24, 2.45) is 0 Å². The number of fused-ring (bicyclic) bond motifs is 1. The molecule has 0 spiro atoms. The number of hydrogen-bond acceptors (Lipinski definition) is 5. The minimum atomic E-state index is -0.547. The fraction of sp³-hybridized carbons (Fsp3) is 0.300. The minimum Gasteiger partial charge on any atom is -0.487 e. The van der Waals surface area contributed by atoms with E-state index in [0.717, 1.165) is 23.4 Å². The second-order valence-electron chi connectivity index (χ2n) is 6.28. The standard InChI is InChI=1S/C20H22N4O4/c1-3-28-19-10-9-15(13-18(19)24(26)27)20(25)21-11-6-12-23-14(2)22-16-7-4-5-8-17(16)23/h4-5,7-10,13H,3,6,11-12H2,1-2H3,(H,21,25). The fourth-order valence-corrected chi connectivity index (χ4v) is 3.10. The molecule has 1 heterocycles. The van der Waals surface area contributed by atoms with Gasteiger partial charge >= 0.3 is 5.69 Å². The molecular weight excluding hydrogens is 360 g/mol. The van der Waals surface area contributed by atoms with Gasteiger partial charge in [-0.3, -0.25) is 14.9 Å². The van der Waals surface area contributed by atoms with E-state index in [1.807, 2.05) is 31.2 Å². The molecule has 146 valence electrons. The smallest absolute Gasteiger partial charge is 0.311 e. The number of aryl methyl sites for hydroxylation is 2. The zero-order valence-corrected chi connectivity index (χ0v) is 15.8. The molecule has 3 aromatic rings. The highest BCUT2D eigenvalue weighted by atomic mass is 16.6. The van der Waals surface area contributed by atoms with Gasteiger partial charge in [-0.15, -0.1) is 0 Å². The molecule has 0 aliphatic rings. The van der Waals surface area contributed by atoms with E-state index in [2.05, 4.69) is 14.9 Å². The highest BCUT2D eigenvalue weighted by Gasteiger charge is 2.18. The number of hydrogen-bond donors (Lipinski definition) is 1. The van der Waals surface area contributed by atoms with Crippen molar-refractivity contribution in [3.8, 4) is 5.75 Å². The Morgan fingerprint density at radius 3 is 2.82 bits per heavy atom. The van der Waals surface area contributed by atoms with Crippen molar-refractivity contribution < 1.29 is 14.5 Å². The van der Waals surface area contributed by atoms with Gasteiger partial charge in [0.05, 0.1) is 22.6 Å². The van der Waals surface area contributed by atoms with E-state index < -0.39 is 4.92 Å². The average molecular weight is 382 g/mol. The van der Waals surface area contributed by atoms with Crippen LogP contribution in [0.3, 0.4) is 0 Å². The fourth-order valence-electron chi connectivity index (χ4n) is 3.10. The van der Waals surface area contributed by atoms with E-state index in [1.165, 1.54) is 18.2 Å². The topological polar surface area (TPSA) is 99.3 Å². The molecule has 1 N–H and O–H groups in total. The molecule has 0 radical (unpaired) electrons. The highest BCUT2D eigenvalue weighted by molar-refractivity contribution is 5.95. The number of benzene rings is 2. The SMILES string of the molecule is CCOc1ccc(C(=O)NCCCn2c(C)nc3ccccc32)cc1[N+](=O)[O-]. The number of rotatable bonds is 8. The average Bonchev–Trinajstić information content (AvgIpc) is 3.00. The molecule has 8 heteroatoms. The Labute approximate surface area is 162 Å². The van der Waals surface area contributed by atoms with Crippen molar-refractivity contribution in [3.05, 3.63) is 64.0 Å². The lowest BCUT2D eigenvalue weighted by Crippen LogP contribution is -2.25. The number of aromatic nitrogens is 2. The van der Waals surface area contributed by atoms with Gasteiger partial charge in [0.25, 0.3) is 5.91 Å². The summed E-state index contributed by atoms with van der Waals surface area (Å²) in [5.74, 6) is 0.736. The van der Waals surface area contributed by atoms with Crippen molar-refractivity contribution >= 4 is 22.6 Å². The lowest BCUT2D eigenvalue weighted by Gasteiger charge is -2.09. The molecule has 0 saturated carbocycles. The van der Waals surface area contributed by atoms with Crippen molar-refractivity contribution in [1.82, 2.24) is 14.9 Å². The van der Waals surface area contributed by atoms with E-state index >= 15 is 0 Å². The van der Waals surface area contributed by atoms with E-state index in [4.69, 9.17) is 4.74 Å². The predicted octanol–water partition coefficient (Wildman–Crippen LogP) is 3.47. The molecule has 0 aliphatic carbocycles. The number of nitro groups is 1. The summed E-state index contributed by atoms with van der Waals surface area (Å²) in [5, 5.41) is 14.0. The monoisotopic (exact) mass is 382 g/mol. The van der Waals surface area contributed by atoms with Gasteiger partial charge in [-0.05, 0) is 44.5 Å². The molecule has 0 bridgehead atoms. The Hall–Kier alpha value is -3.42. The number of nitro benzene ring substituents is 1. The third-order valence-electron chi connectivity index (χ3n) is 4.41. The number of nitrogens with one attached hydrogen (secondary N) is 1. The van der Waals surface area contributed by atoms with Crippen LogP contribution in [0.1, 0.15) is 29.5 Å². The van der Waals surface area contributed by atoms with Gasteiger partial charge in [-0.25, -0.2) is 4.98 Å². The van der Waals surface area contributed by atoms with E-state index in [0.29, 0.717) is 19.6 Å². The van der Waals surface area contributed by atoms with Gasteiger partial charge in [0.15, 0.2) is 5.75 Å². The first kappa shape index (κ1) is 19.3. The minimum absolute atomic E-state index is 0.159. The van der Waals surface area contributed by atoms with Crippen LogP contribution in [-0.2, 0) is 6.54 Å². The molecule has 1 aromatic heterocycles. The van der Waals surface area contributed by atoms with Gasteiger partial charge in [0, 0.05) is 24.7 Å². The summed E-state index contributed by atoms with van der Waals surface area (Å²) in [7, 11) is 0. The van der Waals surface area contributed by atoms with Crippen LogP contribution in [0, 0.1) is 17.0 Å². The van der Waals surface area contributed by atoms with Crippen LogP contribution < -0.4 is 10.1 Å². The first-order chi connectivity index (χ1) is 13.5. The predicted molar refractivity (Wildman–Crippen MR) is 106 cm³/mol. The molecule has 28 heavy (non-hydrogen) atoms. The maximum atomic E-state index is 12.3. The summed E-state index contributed by atoms with van der Waals surface area (Å²) >= 11 is 0. The van der Waals surface area contributed by atoms with Gasteiger partial charge in [0.1, 0.15) is 5.82 Å². The Morgan fingerprint density at radius 1 is 1.29 bits per heavy atom. The first-order valence-electron chi connectivity index (χ1n) is 9.12. The molecular formula is C20H22N4O4. The number of carbonyl (C=O) groups is 1. The molecule has 0 unspecified atom stereocenters. The van der Waals surface area contributed by atoms with Crippen LogP contribution in [0.4, 0.5) is 5.69 Å². The van der Waals surface area contributed by atoms with E-state index in [1.54, 1.807) is 6.92 Å². The summed E-state index contributed by atoms with van der Waals surface area (Å²) in [6.07, 6.45) is 0.714. The first-order valence-corrected chi connectivity index (χ1v) is 9.12. The Kier molecular flexibility index (Phi) is 5.88. The molecule has 0 saturated heterocycles. The number of ether oxygens (including phenoxy) is 1. The molecule has 0 fully saturated rings. The molecule has 3 rings (SSSR count). The molecule has 8 nitrogen and oxygen atoms in total. The number of amides is 1.